The third kappa shape index (κ3) is 7.01. The van der Waals surface area contributed by atoms with Gasteiger partial charge in [0.15, 0.2) is 6.04 Å². The molecule has 0 saturated heterocycles. The number of carbonyl (C=O) groups is 2. The predicted molar refractivity (Wildman–Crippen MR) is 83.4 cm³/mol. The van der Waals surface area contributed by atoms with E-state index in [1.54, 1.807) is 33.9 Å². The lowest BCUT2D eigenvalue weighted by atomic mass is 10.2. The number of benzene rings is 1. The van der Waals surface area contributed by atoms with Crippen LogP contribution in [-0.2, 0) is 20.9 Å². The summed E-state index contributed by atoms with van der Waals surface area (Å²) in [5, 5.41) is 11.4. The Hall–Kier alpha value is -2.28. The summed E-state index contributed by atoms with van der Waals surface area (Å²) < 4.78 is 15.6. The van der Waals surface area contributed by atoms with E-state index in [4.69, 9.17) is 19.3 Å². The fourth-order valence-corrected chi connectivity index (χ4v) is 1.73. The molecule has 7 heteroatoms. The van der Waals surface area contributed by atoms with E-state index in [9.17, 15) is 9.59 Å². The first-order valence-corrected chi connectivity index (χ1v) is 7.15. The van der Waals surface area contributed by atoms with Gasteiger partial charge in [0.1, 0.15) is 11.4 Å². The maximum Gasteiger partial charge on any atom is 0.408 e. The van der Waals surface area contributed by atoms with E-state index in [0.717, 1.165) is 5.56 Å². The fourth-order valence-electron chi connectivity index (χ4n) is 1.73. The van der Waals surface area contributed by atoms with Gasteiger partial charge in [0, 0.05) is 5.56 Å². The molecular weight excluding hydrogens is 302 g/mol. The number of aliphatic carboxylic acids is 1. The number of rotatable bonds is 7. The lowest BCUT2D eigenvalue weighted by Gasteiger charge is -2.22. The number of methoxy groups -OCH3 is 1. The minimum atomic E-state index is -1.20. The average Bonchev–Trinajstić information content (AvgIpc) is 2.44. The van der Waals surface area contributed by atoms with E-state index >= 15 is 0 Å². The molecule has 1 amide bonds. The number of ether oxygens (including phenoxy) is 3. The van der Waals surface area contributed by atoms with Crippen molar-refractivity contribution in [1.29, 1.82) is 0 Å². The van der Waals surface area contributed by atoms with Gasteiger partial charge in [0.25, 0.3) is 0 Å². The molecule has 0 aliphatic rings. The smallest absolute Gasteiger partial charge is 0.408 e. The zero-order valence-electron chi connectivity index (χ0n) is 13.8. The molecule has 0 heterocycles. The number of carbonyl (C=O) groups excluding carboxylic acids is 1. The van der Waals surface area contributed by atoms with Crippen molar-refractivity contribution in [3.63, 3.8) is 0 Å². The summed E-state index contributed by atoms with van der Waals surface area (Å²) in [6.45, 7) is 5.07. The summed E-state index contributed by atoms with van der Waals surface area (Å²) in [4.78, 5) is 22.8. The van der Waals surface area contributed by atoms with Crippen LogP contribution in [0.2, 0.25) is 0 Å². The quantitative estimate of drug-likeness (QED) is 0.798. The molecule has 7 nitrogen and oxygen atoms in total. The Kier molecular flexibility index (Phi) is 6.84. The zero-order valence-corrected chi connectivity index (χ0v) is 13.8. The molecule has 2 N–H and O–H groups in total. The van der Waals surface area contributed by atoms with Crippen molar-refractivity contribution in [2.45, 2.75) is 39.0 Å². The Bertz CT molecular complexity index is 538. The van der Waals surface area contributed by atoms with Crippen LogP contribution in [0.15, 0.2) is 24.3 Å². The molecular formula is C16H23NO6. The first-order chi connectivity index (χ1) is 10.7. The number of nitrogens with one attached hydrogen (secondary N) is 1. The molecule has 0 fully saturated rings. The Balaban J connectivity index is 2.54. The van der Waals surface area contributed by atoms with Crippen LogP contribution in [-0.4, -0.2) is 42.5 Å². The molecule has 0 aromatic heterocycles. The first-order valence-electron chi connectivity index (χ1n) is 7.15. The van der Waals surface area contributed by atoms with Crippen LogP contribution < -0.4 is 10.1 Å². The van der Waals surface area contributed by atoms with Gasteiger partial charge in [-0.25, -0.2) is 9.59 Å². The molecule has 0 bridgehead atoms. The monoisotopic (exact) mass is 325 g/mol. The van der Waals surface area contributed by atoms with Gasteiger partial charge < -0.3 is 24.6 Å². The number of hydrogen-bond donors (Lipinski definition) is 2. The second-order valence-electron chi connectivity index (χ2n) is 5.86. The van der Waals surface area contributed by atoms with Gasteiger partial charge in [-0.2, -0.15) is 0 Å². The first kappa shape index (κ1) is 18.8. The lowest BCUT2D eigenvalue weighted by Crippen LogP contribution is -2.46. The Morgan fingerprint density at radius 1 is 1.26 bits per heavy atom. The number of alkyl carbamates (subject to hydrolysis) is 1. The van der Waals surface area contributed by atoms with Gasteiger partial charge >= 0.3 is 12.1 Å². The van der Waals surface area contributed by atoms with Crippen LogP contribution >= 0.6 is 0 Å². The van der Waals surface area contributed by atoms with Gasteiger partial charge in [-0.1, -0.05) is 18.2 Å². The standard InChI is InChI=1S/C16H23NO6/c1-16(2,3)23-15(20)17-12(14(18)19)10-22-9-11-7-5-6-8-13(11)21-4/h5-8,12H,9-10H2,1-4H3,(H,17,20)(H,18,19). The van der Waals surface area contributed by atoms with Crippen molar-refractivity contribution >= 4 is 12.1 Å². The maximum absolute atomic E-state index is 11.6. The summed E-state index contributed by atoms with van der Waals surface area (Å²) in [6.07, 6.45) is -0.800. The van der Waals surface area contributed by atoms with Crippen molar-refractivity contribution in [2.24, 2.45) is 0 Å². The van der Waals surface area contributed by atoms with Gasteiger partial charge in [-0.3, -0.25) is 0 Å². The van der Waals surface area contributed by atoms with Crippen LogP contribution in [0.1, 0.15) is 26.3 Å². The molecule has 0 saturated carbocycles. The van der Waals surface area contributed by atoms with E-state index in [2.05, 4.69) is 5.32 Å². The van der Waals surface area contributed by atoms with Crippen LogP contribution in [0, 0.1) is 0 Å². The number of carboxylic acids is 1. The topological polar surface area (TPSA) is 94.1 Å². The fraction of sp³-hybridized carbons (Fsp3) is 0.500. The highest BCUT2D eigenvalue weighted by atomic mass is 16.6. The van der Waals surface area contributed by atoms with Crippen LogP contribution in [0.5, 0.6) is 5.75 Å². The summed E-state index contributed by atoms with van der Waals surface area (Å²) >= 11 is 0. The van der Waals surface area contributed by atoms with Crippen LogP contribution in [0.3, 0.4) is 0 Å². The molecule has 0 spiro atoms. The second-order valence-corrected chi connectivity index (χ2v) is 5.86. The average molecular weight is 325 g/mol. The van der Waals surface area contributed by atoms with Crippen molar-refractivity contribution in [2.75, 3.05) is 13.7 Å². The van der Waals surface area contributed by atoms with E-state index in [-0.39, 0.29) is 13.2 Å². The van der Waals surface area contributed by atoms with Gasteiger partial charge in [-0.05, 0) is 26.8 Å². The summed E-state index contributed by atoms with van der Waals surface area (Å²) in [6, 6.07) is 6.06. The van der Waals surface area contributed by atoms with E-state index in [1.165, 1.54) is 0 Å². The molecule has 1 atom stereocenters. The molecule has 1 aromatic rings. The molecule has 1 aromatic carbocycles. The van der Waals surface area contributed by atoms with Gasteiger partial charge in [-0.15, -0.1) is 0 Å². The highest BCUT2D eigenvalue weighted by Crippen LogP contribution is 2.18. The van der Waals surface area contributed by atoms with Crippen molar-refractivity contribution in [1.82, 2.24) is 5.32 Å². The normalized spacial score (nSPS) is 12.3. The number of amides is 1. The minimum absolute atomic E-state index is 0.170. The Morgan fingerprint density at radius 3 is 2.48 bits per heavy atom. The lowest BCUT2D eigenvalue weighted by molar-refractivity contribution is -0.141. The number of carboxylic acid groups (broad SMARTS) is 1. The van der Waals surface area contributed by atoms with Gasteiger partial charge in [0.2, 0.25) is 0 Å². The van der Waals surface area contributed by atoms with E-state index in [1.807, 2.05) is 18.2 Å². The summed E-state index contributed by atoms with van der Waals surface area (Å²) in [7, 11) is 1.54. The SMILES string of the molecule is COc1ccccc1COCC(NC(=O)OC(C)(C)C)C(=O)O. The summed E-state index contributed by atoms with van der Waals surface area (Å²) in [5.41, 5.74) is 0.0854. The zero-order chi connectivity index (χ0) is 17.5. The van der Waals surface area contributed by atoms with Crippen LogP contribution in [0.4, 0.5) is 4.79 Å². The highest BCUT2D eigenvalue weighted by Gasteiger charge is 2.24. The molecule has 23 heavy (non-hydrogen) atoms. The van der Waals surface area contributed by atoms with Gasteiger partial charge in [0.05, 0.1) is 20.3 Å². The molecule has 128 valence electrons. The largest absolute Gasteiger partial charge is 0.496 e. The van der Waals surface area contributed by atoms with Crippen molar-refractivity contribution < 1.29 is 28.9 Å². The summed E-state index contributed by atoms with van der Waals surface area (Å²) in [5.74, 6) is -0.546. The predicted octanol–water partition coefficient (Wildman–Crippen LogP) is 2.19. The van der Waals surface area contributed by atoms with Crippen molar-refractivity contribution in [3.05, 3.63) is 29.8 Å². The number of hydrogen-bond acceptors (Lipinski definition) is 5. The molecule has 1 rings (SSSR count). The van der Waals surface area contributed by atoms with Crippen molar-refractivity contribution in [3.8, 4) is 5.75 Å². The maximum atomic E-state index is 11.6. The Labute approximate surface area is 135 Å². The van der Waals surface area contributed by atoms with E-state index in [0.29, 0.717) is 5.75 Å². The second kappa shape index (κ2) is 8.38. The molecule has 0 radical (unpaired) electrons. The molecule has 0 aliphatic heterocycles. The molecule has 0 aliphatic carbocycles. The highest BCUT2D eigenvalue weighted by molar-refractivity contribution is 5.80. The minimum Gasteiger partial charge on any atom is -0.496 e. The third-order valence-electron chi connectivity index (χ3n) is 2.72. The third-order valence-corrected chi connectivity index (χ3v) is 2.72. The Morgan fingerprint density at radius 2 is 1.91 bits per heavy atom. The van der Waals surface area contributed by atoms with E-state index < -0.39 is 23.7 Å². The molecule has 1 unspecified atom stereocenters. The number of para-hydroxylation sites is 1. The van der Waals surface area contributed by atoms with Crippen LogP contribution in [0.25, 0.3) is 0 Å².